The number of amides is 2. The summed E-state index contributed by atoms with van der Waals surface area (Å²) < 4.78 is 31.4. The predicted octanol–water partition coefficient (Wildman–Crippen LogP) is -1.61. The first-order chi connectivity index (χ1) is 18.4. The molecule has 0 saturated carbocycles. The van der Waals surface area contributed by atoms with Crippen LogP contribution in [-0.2, 0) is 62.0 Å². The van der Waals surface area contributed by atoms with E-state index >= 15 is 0 Å². The number of carbonyl (C=O) groups excluding carboxylic acids is 7. The van der Waals surface area contributed by atoms with Crippen molar-refractivity contribution in [2.24, 2.45) is 0 Å². The molecular formula is C24H36N2O14. The molecular weight excluding hydrogens is 540 g/mol. The van der Waals surface area contributed by atoms with Gasteiger partial charge in [-0.15, -0.1) is 0 Å². The highest BCUT2D eigenvalue weighted by Gasteiger charge is 2.52. The molecule has 1 fully saturated rings. The van der Waals surface area contributed by atoms with Crippen molar-refractivity contribution in [3.63, 3.8) is 0 Å². The molecule has 1 saturated heterocycles. The number of rotatable bonds is 11. The van der Waals surface area contributed by atoms with Crippen LogP contribution in [0.3, 0.4) is 0 Å². The molecule has 16 heteroatoms. The largest absolute Gasteiger partial charge is 0.463 e. The minimum absolute atomic E-state index is 0.514. The van der Waals surface area contributed by atoms with Gasteiger partial charge in [0.25, 0.3) is 0 Å². The van der Waals surface area contributed by atoms with E-state index in [0.29, 0.717) is 0 Å². The molecule has 1 heterocycles. The third kappa shape index (κ3) is 12.4. The molecule has 1 aliphatic rings. The summed E-state index contributed by atoms with van der Waals surface area (Å²) in [4.78, 5) is 83.5. The number of carbonyl (C=O) groups is 7. The Bertz CT molecular complexity index is 975. The number of aliphatic hydroxyl groups is 1. The van der Waals surface area contributed by atoms with Crippen molar-refractivity contribution in [1.29, 1.82) is 0 Å². The fourth-order valence-electron chi connectivity index (χ4n) is 3.49. The van der Waals surface area contributed by atoms with Crippen LogP contribution in [0.1, 0.15) is 54.9 Å². The van der Waals surface area contributed by atoms with Gasteiger partial charge in [0, 0.05) is 27.7 Å². The molecule has 40 heavy (non-hydrogen) atoms. The lowest BCUT2D eigenvalue weighted by Gasteiger charge is -2.44. The smallest absolute Gasteiger partial charge is 0.325 e. The van der Waals surface area contributed by atoms with Gasteiger partial charge in [-0.3, -0.25) is 33.6 Å². The number of ether oxygens (including phenoxy) is 6. The summed E-state index contributed by atoms with van der Waals surface area (Å²) >= 11 is 0. The van der Waals surface area contributed by atoms with E-state index in [1.165, 1.54) is 0 Å². The van der Waals surface area contributed by atoms with E-state index in [9.17, 15) is 38.7 Å². The van der Waals surface area contributed by atoms with Crippen molar-refractivity contribution >= 4 is 41.7 Å². The maximum absolute atomic E-state index is 12.7. The third-order valence-electron chi connectivity index (χ3n) is 4.80. The van der Waals surface area contributed by atoms with Crippen molar-refractivity contribution in [2.45, 2.75) is 97.2 Å². The topological polar surface area (TPSA) is 219 Å². The number of esters is 5. The Morgan fingerprint density at radius 1 is 0.825 bits per heavy atom. The fraction of sp³-hybridized carbons (Fsp3) is 0.708. The molecule has 0 aromatic heterocycles. The molecule has 0 radical (unpaired) electrons. The maximum Gasteiger partial charge on any atom is 0.325 e. The van der Waals surface area contributed by atoms with Gasteiger partial charge in [0.15, 0.2) is 24.5 Å². The minimum Gasteiger partial charge on any atom is -0.463 e. The molecule has 0 bridgehead atoms. The lowest BCUT2D eigenvalue weighted by molar-refractivity contribution is -0.257. The lowest BCUT2D eigenvalue weighted by atomic mass is 9.97. The molecule has 0 aliphatic carbocycles. The van der Waals surface area contributed by atoms with Gasteiger partial charge in [0.2, 0.25) is 11.8 Å². The molecule has 6 atom stereocenters. The second-order valence-corrected chi connectivity index (χ2v) is 9.71. The van der Waals surface area contributed by atoms with Gasteiger partial charge in [-0.05, 0) is 20.8 Å². The Hall–Kier alpha value is -3.79. The van der Waals surface area contributed by atoms with E-state index in [1.54, 1.807) is 20.8 Å². The van der Waals surface area contributed by atoms with E-state index < -0.39 is 104 Å². The quantitative estimate of drug-likeness (QED) is 0.186. The van der Waals surface area contributed by atoms with Crippen LogP contribution in [0.25, 0.3) is 0 Å². The van der Waals surface area contributed by atoms with Crippen molar-refractivity contribution < 1.29 is 67.1 Å². The molecule has 16 nitrogen and oxygen atoms in total. The second kappa shape index (κ2) is 15.1. The van der Waals surface area contributed by atoms with Crippen LogP contribution >= 0.6 is 0 Å². The van der Waals surface area contributed by atoms with Gasteiger partial charge in [-0.1, -0.05) is 0 Å². The van der Waals surface area contributed by atoms with E-state index in [0.717, 1.165) is 27.7 Å². The maximum atomic E-state index is 12.7. The van der Waals surface area contributed by atoms with Crippen molar-refractivity contribution in [3.8, 4) is 0 Å². The molecule has 2 amide bonds. The summed E-state index contributed by atoms with van der Waals surface area (Å²) in [6.45, 7) is 8.01. The van der Waals surface area contributed by atoms with E-state index in [-0.39, 0.29) is 0 Å². The Morgan fingerprint density at radius 3 is 1.85 bits per heavy atom. The van der Waals surface area contributed by atoms with E-state index in [4.69, 9.17) is 28.4 Å². The van der Waals surface area contributed by atoms with Crippen LogP contribution in [0.15, 0.2) is 0 Å². The molecule has 226 valence electrons. The summed E-state index contributed by atoms with van der Waals surface area (Å²) in [6.07, 6.45) is -10.1. The summed E-state index contributed by atoms with van der Waals surface area (Å²) in [5, 5.41) is 14.6. The summed E-state index contributed by atoms with van der Waals surface area (Å²) in [5.41, 5.74) is -0.801. The zero-order chi connectivity index (χ0) is 30.8. The molecule has 0 aromatic carbocycles. The molecule has 1 rings (SSSR count). The highest BCUT2D eigenvalue weighted by Crippen LogP contribution is 2.28. The minimum atomic E-state index is -1.91. The van der Waals surface area contributed by atoms with Crippen LogP contribution in [0.4, 0.5) is 0 Å². The van der Waals surface area contributed by atoms with Gasteiger partial charge >= 0.3 is 29.8 Å². The fourth-order valence-corrected chi connectivity index (χ4v) is 3.49. The first-order valence-electron chi connectivity index (χ1n) is 12.2. The zero-order valence-corrected chi connectivity index (χ0v) is 23.3. The number of hydrogen-bond donors (Lipinski definition) is 3. The van der Waals surface area contributed by atoms with Crippen LogP contribution in [0.5, 0.6) is 0 Å². The first-order valence-corrected chi connectivity index (χ1v) is 12.2. The normalized spacial score (nSPS) is 23.1. The van der Waals surface area contributed by atoms with Crippen LogP contribution < -0.4 is 10.6 Å². The van der Waals surface area contributed by atoms with E-state index in [2.05, 4.69) is 10.6 Å². The SMILES string of the molecule is CC(=O)OC[C@H]1O[C@@H](NC(=O)C[C@H](O)C(=O)NCC(=O)OC(C)(C)C)[C@H](OC(C)=O)[C@@H](OC(C)=O)[C@@H]1OC(C)=O. The summed E-state index contributed by atoms with van der Waals surface area (Å²) in [5.74, 6) is -6.11. The van der Waals surface area contributed by atoms with Gasteiger partial charge in [0.1, 0.15) is 31.0 Å². The Labute approximate surface area is 230 Å². The molecule has 1 aliphatic heterocycles. The highest BCUT2D eigenvalue weighted by molar-refractivity contribution is 5.89. The molecule has 0 unspecified atom stereocenters. The Balaban J connectivity index is 3.09. The number of hydrogen-bond acceptors (Lipinski definition) is 14. The van der Waals surface area contributed by atoms with Crippen LogP contribution in [0.2, 0.25) is 0 Å². The van der Waals surface area contributed by atoms with Gasteiger partial charge in [-0.25, -0.2) is 0 Å². The van der Waals surface area contributed by atoms with Crippen molar-refractivity contribution in [1.82, 2.24) is 10.6 Å². The predicted molar refractivity (Wildman–Crippen MR) is 130 cm³/mol. The monoisotopic (exact) mass is 576 g/mol. The Kier molecular flexibility index (Phi) is 12.9. The van der Waals surface area contributed by atoms with Crippen LogP contribution in [0, 0.1) is 0 Å². The number of aliphatic hydroxyl groups excluding tert-OH is 1. The average molecular weight is 577 g/mol. The van der Waals surface area contributed by atoms with E-state index in [1.807, 2.05) is 0 Å². The summed E-state index contributed by atoms with van der Waals surface area (Å²) in [6, 6.07) is 0. The third-order valence-corrected chi connectivity index (χ3v) is 4.80. The highest BCUT2D eigenvalue weighted by atomic mass is 16.7. The lowest BCUT2D eigenvalue weighted by Crippen LogP contribution is -2.66. The molecule has 0 spiro atoms. The summed E-state index contributed by atoms with van der Waals surface area (Å²) in [7, 11) is 0. The molecule has 0 aromatic rings. The van der Waals surface area contributed by atoms with Gasteiger partial charge in [-0.2, -0.15) is 0 Å². The second-order valence-electron chi connectivity index (χ2n) is 9.71. The molecule has 3 N–H and O–H groups in total. The first kappa shape index (κ1) is 34.2. The number of nitrogens with one attached hydrogen (secondary N) is 2. The average Bonchev–Trinajstić information content (AvgIpc) is 2.77. The van der Waals surface area contributed by atoms with Gasteiger partial charge in [0.05, 0.1) is 6.42 Å². The van der Waals surface area contributed by atoms with Crippen molar-refractivity contribution in [3.05, 3.63) is 0 Å². The Morgan fingerprint density at radius 2 is 1.35 bits per heavy atom. The van der Waals surface area contributed by atoms with Gasteiger partial charge < -0.3 is 44.2 Å². The van der Waals surface area contributed by atoms with Crippen LogP contribution in [-0.4, -0.2) is 102 Å². The van der Waals surface area contributed by atoms with Crippen molar-refractivity contribution in [2.75, 3.05) is 13.2 Å². The zero-order valence-electron chi connectivity index (χ0n) is 23.3. The standard InChI is InChI=1S/C24H36N2O14/c1-11(27)35-10-16-19(36-12(2)28)20(37-13(3)29)21(38-14(4)30)23(39-16)26-17(32)8-15(31)22(34)25-9-18(33)40-24(5,6)7/h15-16,19-21,23,31H,8-10H2,1-7H3,(H,25,34)(H,26,32)/t15-,16+,19+,20-,21+,23+/m0/s1.